The van der Waals surface area contributed by atoms with Crippen molar-refractivity contribution in [1.29, 1.82) is 0 Å². The number of rotatable bonds is 10. The van der Waals surface area contributed by atoms with Crippen molar-refractivity contribution >= 4 is 19.4 Å². The molecule has 0 spiro atoms. The van der Waals surface area contributed by atoms with Crippen molar-refractivity contribution in [3.63, 3.8) is 0 Å². The number of nitrogens with zero attached hydrogens (tertiary/aromatic N) is 4. The van der Waals surface area contributed by atoms with Crippen molar-refractivity contribution < 1.29 is 13.9 Å². The lowest BCUT2D eigenvalue weighted by atomic mass is 9.79. The minimum atomic E-state index is -2.13. The molecule has 1 fully saturated rings. The van der Waals surface area contributed by atoms with Gasteiger partial charge in [0.25, 0.3) is 8.32 Å². The summed E-state index contributed by atoms with van der Waals surface area (Å²) in [6.07, 6.45) is 1.95. The predicted octanol–water partition coefficient (Wildman–Crippen LogP) is 7.82. The third kappa shape index (κ3) is 6.32. The number of piperidine rings is 1. The molecule has 1 N–H and O–H groups in total. The van der Waals surface area contributed by atoms with E-state index >= 15 is 0 Å². The molecule has 3 aromatic rings. The second-order valence-electron chi connectivity index (χ2n) is 14.1. The van der Waals surface area contributed by atoms with E-state index in [0.29, 0.717) is 22.4 Å². The summed E-state index contributed by atoms with van der Waals surface area (Å²) in [5.74, 6) is 1.50. The van der Waals surface area contributed by atoms with Crippen LogP contribution in [0.4, 0.5) is 0 Å². The molecule has 0 radical (unpaired) electrons. The Morgan fingerprint density at radius 3 is 2.12 bits per heavy atom. The smallest absolute Gasteiger partial charge is 0.258 e. The third-order valence-corrected chi connectivity index (χ3v) is 14.7. The maximum atomic E-state index is 6.95. The van der Waals surface area contributed by atoms with E-state index in [-0.39, 0.29) is 23.9 Å². The van der Waals surface area contributed by atoms with Crippen LogP contribution in [0.2, 0.25) is 16.6 Å². The molecule has 1 aliphatic rings. The lowest BCUT2D eigenvalue weighted by Gasteiger charge is -2.46. The van der Waals surface area contributed by atoms with Crippen LogP contribution in [0.25, 0.3) is 22.3 Å². The first kappa shape index (κ1) is 31.4. The number of nitrogens with one attached hydrogen (secondary N) is 1. The van der Waals surface area contributed by atoms with E-state index in [1.807, 2.05) is 18.2 Å². The molecule has 0 saturated carbocycles. The van der Waals surface area contributed by atoms with Crippen molar-refractivity contribution in [2.45, 2.75) is 123 Å². The Hall–Kier alpha value is -2.49. The number of ether oxygens (including phenoxy) is 2. The van der Waals surface area contributed by atoms with Crippen LogP contribution in [0.3, 0.4) is 0 Å². The Morgan fingerprint density at radius 1 is 0.951 bits per heavy atom. The highest BCUT2D eigenvalue weighted by Crippen LogP contribution is 2.44. The predicted molar refractivity (Wildman–Crippen MR) is 169 cm³/mol. The zero-order chi connectivity index (χ0) is 30.3. The summed E-state index contributed by atoms with van der Waals surface area (Å²) in [7, 11) is -0.502. The van der Waals surface area contributed by atoms with Crippen LogP contribution in [0.1, 0.15) is 93.8 Å². The van der Waals surface area contributed by atoms with Gasteiger partial charge in [0.2, 0.25) is 0 Å². The van der Waals surface area contributed by atoms with E-state index in [2.05, 4.69) is 92.2 Å². The molecule has 0 aliphatic carbocycles. The molecule has 0 bridgehead atoms. The second-order valence-corrected chi connectivity index (χ2v) is 19.5. The lowest BCUT2D eigenvalue weighted by Crippen LogP contribution is -2.58. The molecular formula is C32H51N5O3Si. The van der Waals surface area contributed by atoms with Gasteiger partial charge in [-0.25, -0.2) is 4.68 Å². The Bertz CT molecular complexity index is 1330. The fourth-order valence-corrected chi connectivity index (χ4v) is 12.7. The highest BCUT2D eigenvalue weighted by Gasteiger charge is 2.47. The van der Waals surface area contributed by atoms with E-state index in [9.17, 15) is 0 Å². The first-order valence-corrected chi connectivity index (χ1v) is 17.2. The highest BCUT2D eigenvalue weighted by molar-refractivity contribution is 6.78. The van der Waals surface area contributed by atoms with Gasteiger partial charge in [-0.3, -0.25) is 0 Å². The minimum absolute atomic E-state index is 0.00449. The maximum Gasteiger partial charge on any atom is 0.258 e. The fourth-order valence-electron chi connectivity index (χ4n) is 7.49. The van der Waals surface area contributed by atoms with Gasteiger partial charge < -0.3 is 19.2 Å². The Labute approximate surface area is 247 Å². The molecule has 2 aromatic heterocycles. The Morgan fingerprint density at radius 2 is 1.56 bits per heavy atom. The zero-order valence-electron chi connectivity index (χ0n) is 27.3. The van der Waals surface area contributed by atoms with Gasteiger partial charge >= 0.3 is 0 Å². The van der Waals surface area contributed by atoms with Crippen LogP contribution < -0.4 is 14.5 Å². The molecule has 0 atom stereocenters. The van der Waals surface area contributed by atoms with Crippen LogP contribution in [-0.2, 0) is 4.74 Å². The maximum absolute atomic E-state index is 6.95. The number of aryl methyl sites for hydroxylation is 1. The van der Waals surface area contributed by atoms with Crippen LogP contribution in [0.5, 0.6) is 11.5 Å². The molecule has 1 aliphatic heterocycles. The number of hydrogen-bond acceptors (Lipinski definition) is 7. The van der Waals surface area contributed by atoms with Crippen LogP contribution in [-0.4, -0.2) is 53.3 Å². The number of hydrogen-bond donors (Lipinski definition) is 1. The molecule has 8 nitrogen and oxygen atoms in total. The van der Waals surface area contributed by atoms with Crippen LogP contribution in [0.15, 0.2) is 24.3 Å². The van der Waals surface area contributed by atoms with Crippen LogP contribution in [0, 0.1) is 6.92 Å². The Balaban J connectivity index is 1.74. The van der Waals surface area contributed by atoms with Gasteiger partial charge in [-0.2, -0.15) is 5.10 Å². The highest BCUT2D eigenvalue weighted by atomic mass is 28.4. The van der Waals surface area contributed by atoms with Gasteiger partial charge in [0.15, 0.2) is 12.4 Å². The normalized spacial score (nSPS) is 17.6. The van der Waals surface area contributed by atoms with E-state index in [1.54, 1.807) is 7.11 Å². The molecule has 1 saturated heterocycles. The lowest BCUT2D eigenvalue weighted by molar-refractivity contribution is 0.0514. The Kier molecular flexibility index (Phi) is 8.93. The summed E-state index contributed by atoms with van der Waals surface area (Å²) < 4.78 is 20.4. The van der Waals surface area contributed by atoms with Crippen molar-refractivity contribution in [2.24, 2.45) is 0 Å². The van der Waals surface area contributed by atoms with E-state index < -0.39 is 8.32 Å². The van der Waals surface area contributed by atoms with E-state index in [1.165, 1.54) is 0 Å². The molecule has 41 heavy (non-hydrogen) atoms. The van der Waals surface area contributed by atoms with Gasteiger partial charge in [0, 0.05) is 35.2 Å². The van der Waals surface area contributed by atoms with E-state index in [4.69, 9.17) is 29.2 Å². The number of methoxy groups -OCH3 is 1. The number of benzene rings is 1. The quantitative estimate of drug-likeness (QED) is 0.193. The summed E-state index contributed by atoms with van der Waals surface area (Å²) in [6.45, 7) is 25.0. The molecule has 226 valence electrons. The van der Waals surface area contributed by atoms with Gasteiger partial charge in [0.1, 0.15) is 11.5 Å². The van der Waals surface area contributed by atoms with Crippen molar-refractivity contribution in [3.05, 3.63) is 30.0 Å². The summed E-state index contributed by atoms with van der Waals surface area (Å²) in [5, 5.41) is 19.2. The number of aromatic nitrogens is 4. The van der Waals surface area contributed by atoms with Crippen molar-refractivity contribution in [1.82, 2.24) is 25.3 Å². The largest absolute Gasteiger partial charge is 0.543 e. The molecule has 0 amide bonds. The summed E-state index contributed by atoms with van der Waals surface area (Å²) in [5.41, 5.74) is 4.78. The van der Waals surface area contributed by atoms with Crippen LogP contribution >= 0.6 is 0 Å². The monoisotopic (exact) mass is 581 g/mol. The molecule has 1 aromatic carbocycles. The SMILES string of the molecule is COCOc1cc(O[Si](C(C)C)(C(C)C)C(C)C)ccc1-c1cc2c(C)nn(C3CC(C)(C)NC(C)(C)C3)c2nn1. The zero-order valence-corrected chi connectivity index (χ0v) is 28.3. The second kappa shape index (κ2) is 11.6. The average Bonchev–Trinajstić information content (AvgIpc) is 3.19. The van der Waals surface area contributed by atoms with Gasteiger partial charge in [-0.05, 0) is 82.3 Å². The minimum Gasteiger partial charge on any atom is -0.543 e. The van der Waals surface area contributed by atoms with E-state index in [0.717, 1.165) is 46.6 Å². The summed E-state index contributed by atoms with van der Waals surface area (Å²) in [6, 6.07) is 8.40. The molecule has 3 heterocycles. The third-order valence-electron chi connectivity index (χ3n) is 8.72. The summed E-state index contributed by atoms with van der Waals surface area (Å²) in [4.78, 5) is 0. The standard InChI is InChI=1S/C32H51N5O3Si/c1-20(2)41(21(3)4,22(5)6)40-25-13-14-26(29(15-25)39-19-38-12)28-16-27-23(7)35-37(30(27)34-33-28)24-17-31(8,9)36-32(10,11)18-24/h13-16,20-22,24,36H,17-19H2,1-12H3. The van der Waals surface area contributed by atoms with Crippen molar-refractivity contribution in [3.8, 4) is 22.8 Å². The van der Waals surface area contributed by atoms with Crippen molar-refractivity contribution in [2.75, 3.05) is 13.9 Å². The van der Waals surface area contributed by atoms with Gasteiger partial charge in [-0.1, -0.05) is 41.5 Å². The first-order valence-electron chi connectivity index (χ1n) is 15.1. The molecular weight excluding hydrogens is 530 g/mol. The van der Waals surface area contributed by atoms with Gasteiger partial charge in [0.05, 0.1) is 17.4 Å². The molecule has 4 rings (SSSR count). The molecule has 9 heteroatoms. The topological polar surface area (TPSA) is 83.3 Å². The number of fused-ring (bicyclic) bond motifs is 1. The fraction of sp³-hybridized carbons (Fsp3) is 0.656. The average molecular weight is 582 g/mol. The summed E-state index contributed by atoms with van der Waals surface area (Å²) >= 11 is 0. The first-order chi connectivity index (χ1) is 19.1. The molecule has 0 unspecified atom stereocenters. The van der Waals surface area contributed by atoms with Gasteiger partial charge in [-0.15, -0.1) is 10.2 Å².